The lowest BCUT2D eigenvalue weighted by molar-refractivity contribution is 0.259. The Labute approximate surface area is 122 Å². The summed E-state index contributed by atoms with van der Waals surface area (Å²) >= 11 is 0. The Morgan fingerprint density at radius 1 is 1.20 bits per heavy atom. The largest absolute Gasteiger partial charge is 0.494 e. The molecule has 0 bridgehead atoms. The molecule has 3 heteroatoms. The predicted octanol–water partition coefficient (Wildman–Crippen LogP) is 2.64. The summed E-state index contributed by atoms with van der Waals surface area (Å²) < 4.78 is 5.49. The molecule has 0 amide bonds. The van der Waals surface area contributed by atoms with E-state index in [4.69, 9.17) is 10.5 Å². The smallest absolute Gasteiger partial charge is 0.119 e. The van der Waals surface area contributed by atoms with Crippen molar-refractivity contribution in [3.63, 3.8) is 0 Å². The van der Waals surface area contributed by atoms with Crippen molar-refractivity contribution >= 4 is 0 Å². The molecule has 1 aromatic rings. The van der Waals surface area contributed by atoms with E-state index in [0.717, 1.165) is 30.7 Å². The van der Waals surface area contributed by atoms with Crippen LogP contribution in [0.25, 0.3) is 0 Å². The van der Waals surface area contributed by atoms with Crippen molar-refractivity contribution < 1.29 is 4.74 Å². The average molecular weight is 274 g/mol. The zero-order valence-electron chi connectivity index (χ0n) is 12.4. The summed E-state index contributed by atoms with van der Waals surface area (Å²) in [6.07, 6.45) is 3.91. The van der Waals surface area contributed by atoms with E-state index < -0.39 is 0 Å². The minimum absolute atomic E-state index is 0.430. The summed E-state index contributed by atoms with van der Waals surface area (Å²) in [6.45, 7) is 6.20. The highest BCUT2D eigenvalue weighted by Crippen LogP contribution is 2.36. The fourth-order valence-electron chi connectivity index (χ4n) is 3.85. The Morgan fingerprint density at radius 2 is 2.00 bits per heavy atom. The number of likely N-dealkylation sites (tertiary alicyclic amines) is 1. The van der Waals surface area contributed by atoms with Gasteiger partial charge in [0.1, 0.15) is 5.75 Å². The van der Waals surface area contributed by atoms with E-state index in [-0.39, 0.29) is 0 Å². The van der Waals surface area contributed by atoms with Gasteiger partial charge in [0.05, 0.1) is 6.61 Å². The molecule has 1 aliphatic carbocycles. The van der Waals surface area contributed by atoms with Crippen LogP contribution in [-0.2, 0) is 6.54 Å². The topological polar surface area (TPSA) is 38.5 Å². The van der Waals surface area contributed by atoms with Gasteiger partial charge in [0.15, 0.2) is 0 Å². The number of benzene rings is 1. The monoisotopic (exact) mass is 274 g/mol. The summed E-state index contributed by atoms with van der Waals surface area (Å²) in [6, 6.07) is 8.96. The molecular weight excluding hydrogens is 248 g/mol. The van der Waals surface area contributed by atoms with Crippen LogP contribution in [0.4, 0.5) is 0 Å². The molecule has 2 fully saturated rings. The van der Waals surface area contributed by atoms with Gasteiger partial charge in [-0.05, 0) is 49.3 Å². The van der Waals surface area contributed by atoms with Gasteiger partial charge in [0.25, 0.3) is 0 Å². The molecule has 3 rings (SSSR count). The van der Waals surface area contributed by atoms with Crippen LogP contribution in [-0.4, -0.2) is 30.6 Å². The van der Waals surface area contributed by atoms with E-state index in [1.807, 2.05) is 6.92 Å². The summed E-state index contributed by atoms with van der Waals surface area (Å²) in [5.74, 6) is 2.53. The second-order valence-corrected chi connectivity index (χ2v) is 6.29. The molecule has 1 heterocycles. The Hall–Kier alpha value is -1.06. The molecule has 20 heavy (non-hydrogen) atoms. The molecule has 1 saturated carbocycles. The van der Waals surface area contributed by atoms with E-state index in [1.54, 1.807) is 0 Å². The Morgan fingerprint density at radius 3 is 2.70 bits per heavy atom. The molecule has 0 aromatic heterocycles. The molecular formula is C17H26N2O. The van der Waals surface area contributed by atoms with Gasteiger partial charge in [0, 0.05) is 25.7 Å². The van der Waals surface area contributed by atoms with E-state index in [1.165, 1.54) is 37.9 Å². The van der Waals surface area contributed by atoms with Crippen LogP contribution in [0.1, 0.15) is 31.7 Å². The first-order valence-corrected chi connectivity index (χ1v) is 7.96. The fourth-order valence-corrected chi connectivity index (χ4v) is 3.85. The molecule has 3 atom stereocenters. The summed E-state index contributed by atoms with van der Waals surface area (Å²) in [5, 5.41) is 0. The molecule has 0 radical (unpaired) electrons. The van der Waals surface area contributed by atoms with Crippen molar-refractivity contribution in [2.24, 2.45) is 17.6 Å². The maximum absolute atomic E-state index is 6.29. The summed E-state index contributed by atoms with van der Waals surface area (Å²) in [4.78, 5) is 2.58. The molecule has 1 aromatic carbocycles. The fraction of sp³-hybridized carbons (Fsp3) is 0.647. The standard InChI is InChI=1S/C17H26N2O/c1-2-20-15-8-6-13(7-9-15)10-19-11-14-4-3-5-17(18)16(14)12-19/h6-9,14,16-17H,2-5,10-12,18H2,1H3. The van der Waals surface area contributed by atoms with Gasteiger partial charge < -0.3 is 10.5 Å². The molecule has 3 unspecified atom stereocenters. The van der Waals surface area contributed by atoms with Crippen molar-refractivity contribution in [3.05, 3.63) is 29.8 Å². The minimum Gasteiger partial charge on any atom is -0.494 e. The number of hydrogen-bond donors (Lipinski definition) is 1. The van der Waals surface area contributed by atoms with Gasteiger partial charge in [-0.25, -0.2) is 0 Å². The molecule has 2 aliphatic rings. The maximum atomic E-state index is 6.29. The van der Waals surface area contributed by atoms with E-state index in [9.17, 15) is 0 Å². The Bertz CT molecular complexity index is 431. The maximum Gasteiger partial charge on any atom is 0.119 e. The number of ether oxygens (including phenoxy) is 1. The molecule has 1 aliphatic heterocycles. The van der Waals surface area contributed by atoms with Crippen molar-refractivity contribution in [1.82, 2.24) is 4.90 Å². The predicted molar refractivity (Wildman–Crippen MR) is 81.7 cm³/mol. The number of hydrogen-bond acceptors (Lipinski definition) is 3. The van der Waals surface area contributed by atoms with E-state index in [2.05, 4.69) is 29.2 Å². The average Bonchev–Trinajstić information content (AvgIpc) is 2.85. The van der Waals surface area contributed by atoms with Crippen LogP contribution in [0.3, 0.4) is 0 Å². The van der Waals surface area contributed by atoms with Crippen molar-refractivity contribution in [3.8, 4) is 5.75 Å². The third-order valence-electron chi connectivity index (χ3n) is 4.87. The van der Waals surface area contributed by atoms with Gasteiger partial charge in [-0.3, -0.25) is 4.90 Å². The van der Waals surface area contributed by atoms with Gasteiger partial charge >= 0.3 is 0 Å². The third kappa shape index (κ3) is 2.99. The molecule has 1 saturated heterocycles. The van der Waals surface area contributed by atoms with Crippen molar-refractivity contribution in [1.29, 1.82) is 0 Å². The van der Waals surface area contributed by atoms with Gasteiger partial charge in [-0.2, -0.15) is 0 Å². The van der Waals surface area contributed by atoms with Crippen LogP contribution in [0.15, 0.2) is 24.3 Å². The van der Waals surface area contributed by atoms with Gasteiger partial charge in [0.2, 0.25) is 0 Å². The normalized spacial score (nSPS) is 30.2. The second-order valence-electron chi connectivity index (χ2n) is 6.29. The first-order chi connectivity index (χ1) is 9.76. The van der Waals surface area contributed by atoms with Gasteiger partial charge in [-0.1, -0.05) is 18.6 Å². The number of rotatable bonds is 4. The van der Waals surface area contributed by atoms with E-state index >= 15 is 0 Å². The molecule has 0 spiro atoms. The summed E-state index contributed by atoms with van der Waals surface area (Å²) in [7, 11) is 0. The highest BCUT2D eigenvalue weighted by molar-refractivity contribution is 5.27. The molecule has 110 valence electrons. The second kappa shape index (κ2) is 6.15. The molecule has 3 nitrogen and oxygen atoms in total. The van der Waals surface area contributed by atoms with Crippen LogP contribution in [0.2, 0.25) is 0 Å². The van der Waals surface area contributed by atoms with Crippen LogP contribution < -0.4 is 10.5 Å². The number of fused-ring (bicyclic) bond motifs is 1. The SMILES string of the molecule is CCOc1ccc(CN2CC3CCCC(N)C3C2)cc1. The first-order valence-electron chi connectivity index (χ1n) is 7.96. The number of nitrogens with two attached hydrogens (primary N) is 1. The highest BCUT2D eigenvalue weighted by Gasteiger charge is 2.38. The molecule has 2 N–H and O–H groups in total. The lowest BCUT2D eigenvalue weighted by atomic mass is 9.78. The highest BCUT2D eigenvalue weighted by atomic mass is 16.5. The van der Waals surface area contributed by atoms with Crippen molar-refractivity contribution in [2.45, 2.75) is 38.8 Å². The van der Waals surface area contributed by atoms with Crippen molar-refractivity contribution in [2.75, 3.05) is 19.7 Å². The lowest BCUT2D eigenvalue weighted by Gasteiger charge is -2.29. The zero-order chi connectivity index (χ0) is 13.9. The number of nitrogens with zero attached hydrogens (tertiary/aromatic N) is 1. The van der Waals surface area contributed by atoms with E-state index in [0.29, 0.717) is 6.04 Å². The third-order valence-corrected chi connectivity index (χ3v) is 4.87. The zero-order valence-corrected chi connectivity index (χ0v) is 12.4. The van der Waals surface area contributed by atoms with Crippen LogP contribution >= 0.6 is 0 Å². The Balaban J connectivity index is 1.58. The summed E-state index contributed by atoms with van der Waals surface area (Å²) in [5.41, 5.74) is 7.66. The first kappa shape index (κ1) is 13.9. The lowest BCUT2D eigenvalue weighted by Crippen LogP contribution is -2.38. The Kier molecular flexibility index (Phi) is 4.27. The van der Waals surface area contributed by atoms with Gasteiger partial charge in [-0.15, -0.1) is 0 Å². The van der Waals surface area contributed by atoms with Crippen LogP contribution in [0, 0.1) is 11.8 Å². The van der Waals surface area contributed by atoms with Crippen LogP contribution in [0.5, 0.6) is 5.75 Å². The quantitative estimate of drug-likeness (QED) is 0.917. The minimum atomic E-state index is 0.430.